The number of allylic oxidation sites excluding steroid dienone is 3. The molecule has 0 aromatic heterocycles. The van der Waals surface area contributed by atoms with Gasteiger partial charge in [0.25, 0.3) is 0 Å². The zero-order valence-electron chi connectivity index (χ0n) is 13.8. The van der Waals surface area contributed by atoms with Crippen LogP contribution in [0.5, 0.6) is 11.5 Å². The van der Waals surface area contributed by atoms with Gasteiger partial charge in [-0.05, 0) is 30.3 Å². The molecule has 2 aromatic rings. The second-order valence-corrected chi connectivity index (χ2v) is 5.27. The molecule has 0 radical (unpaired) electrons. The van der Waals surface area contributed by atoms with Gasteiger partial charge in [-0.1, -0.05) is 30.4 Å². The van der Waals surface area contributed by atoms with Crippen LogP contribution in [0.25, 0.3) is 6.08 Å². The summed E-state index contributed by atoms with van der Waals surface area (Å²) in [6, 6.07) is 12.2. The minimum absolute atomic E-state index is 0.197. The van der Waals surface area contributed by atoms with Crippen molar-refractivity contribution in [3.8, 4) is 11.5 Å². The van der Waals surface area contributed by atoms with Gasteiger partial charge in [-0.25, -0.2) is 4.79 Å². The number of para-hydroxylation sites is 1. The SMILES string of the molecule is COC(=O)c1ccc2c(c1)C(=O)/C(=C/C=C/c1ccccc1OC)O2. The highest BCUT2D eigenvalue weighted by atomic mass is 16.5. The molecule has 0 atom stereocenters. The molecular formula is C20H16O5. The number of methoxy groups -OCH3 is 2. The molecule has 0 spiro atoms. The summed E-state index contributed by atoms with van der Waals surface area (Å²) in [5, 5.41) is 0. The Kier molecular flexibility index (Phi) is 4.66. The van der Waals surface area contributed by atoms with Crippen molar-refractivity contribution in [2.45, 2.75) is 0 Å². The summed E-state index contributed by atoms with van der Waals surface area (Å²) in [6.45, 7) is 0. The van der Waals surface area contributed by atoms with E-state index in [0.717, 1.165) is 11.3 Å². The number of carbonyl (C=O) groups excluding carboxylic acids is 2. The van der Waals surface area contributed by atoms with Crippen LogP contribution in [0.4, 0.5) is 0 Å². The summed E-state index contributed by atoms with van der Waals surface area (Å²) >= 11 is 0. The Morgan fingerprint density at radius 2 is 1.92 bits per heavy atom. The topological polar surface area (TPSA) is 61.8 Å². The predicted octanol–water partition coefficient (Wildman–Crippen LogP) is 3.65. The van der Waals surface area contributed by atoms with Gasteiger partial charge in [0.05, 0.1) is 25.3 Å². The van der Waals surface area contributed by atoms with E-state index in [1.165, 1.54) is 13.2 Å². The van der Waals surface area contributed by atoms with Crippen LogP contribution in [0.15, 0.2) is 60.4 Å². The monoisotopic (exact) mass is 336 g/mol. The fraction of sp³-hybridized carbons (Fsp3) is 0.100. The van der Waals surface area contributed by atoms with E-state index in [9.17, 15) is 9.59 Å². The molecule has 2 aromatic carbocycles. The van der Waals surface area contributed by atoms with Gasteiger partial charge < -0.3 is 14.2 Å². The largest absolute Gasteiger partial charge is 0.496 e. The number of esters is 1. The average Bonchev–Trinajstić information content (AvgIpc) is 2.97. The Balaban J connectivity index is 1.83. The molecule has 126 valence electrons. The van der Waals surface area contributed by atoms with E-state index in [1.54, 1.807) is 31.4 Å². The number of benzene rings is 2. The van der Waals surface area contributed by atoms with Crippen molar-refractivity contribution < 1.29 is 23.8 Å². The summed E-state index contributed by atoms with van der Waals surface area (Å²) in [4.78, 5) is 24.0. The van der Waals surface area contributed by atoms with Gasteiger partial charge in [0.15, 0.2) is 5.76 Å². The molecule has 0 unspecified atom stereocenters. The van der Waals surface area contributed by atoms with Crippen LogP contribution in [0.3, 0.4) is 0 Å². The highest BCUT2D eigenvalue weighted by Crippen LogP contribution is 2.32. The van der Waals surface area contributed by atoms with Crippen LogP contribution < -0.4 is 9.47 Å². The Labute approximate surface area is 145 Å². The van der Waals surface area contributed by atoms with Crippen molar-refractivity contribution in [1.29, 1.82) is 0 Å². The van der Waals surface area contributed by atoms with Gasteiger partial charge in [-0.15, -0.1) is 0 Å². The van der Waals surface area contributed by atoms with Crippen molar-refractivity contribution in [2.24, 2.45) is 0 Å². The Morgan fingerprint density at radius 3 is 2.68 bits per heavy atom. The van der Waals surface area contributed by atoms with Crippen LogP contribution in [-0.2, 0) is 4.74 Å². The molecule has 1 aliphatic rings. The fourth-order valence-electron chi connectivity index (χ4n) is 2.49. The van der Waals surface area contributed by atoms with Gasteiger partial charge in [0.1, 0.15) is 11.5 Å². The average molecular weight is 336 g/mol. The van der Waals surface area contributed by atoms with Crippen molar-refractivity contribution in [3.63, 3.8) is 0 Å². The van der Waals surface area contributed by atoms with Crippen molar-refractivity contribution in [3.05, 3.63) is 77.1 Å². The van der Waals surface area contributed by atoms with Gasteiger partial charge in [-0.3, -0.25) is 4.79 Å². The van der Waals surface area contributed by atoms with Gasteiger partial charge in [0, 0.05) is 5.56 Å². The van der Waals surface area contributed by atoms with E-state index in [0.29, 0.717) is 16.9 Å². The third kappa shape index (κ3) is 3.30. The van der Waals surface area contributed by atoms with Gasteiger partial charge in [0.2, 0.25) is 5.78 Å². The van der Waals surface area contributed by atoms with Gasteiger partial charge in [-0.2, -0.15) is 0 Å². The number of hydrogen-bond acceptors (Lipinski definition) is 5. The van der Waals surface area contributed by atoms with Crippen molar-refractivity contribution >= 4 is 17.8 Å². The molecule has 0 amide bonds. The van der Waals surface area contributed by atoms with Crippen molar-refractivity contribution in [2.75, 3.05) is 14.2 Å². The first-order valence-corrected chi connectivity index (χ1v) is 7.60. The van der Waals surface area contributed by atoms with Crippen LogP contribution in [0.1, 0.15) is 26.3 Å². The van der Waals surface area contributed by atoms with E-state index in [1.807, 2.05) is 30.3 Å². The Bertz CT molecular complexity index is 893. The minimum atomic E-state index is -0.496. The molecule has 3 rings (SSSR count). The number of ketones is 1. The lowest BCUT2D eigenvalue weighted by Gasteiger charge is -2.02. The standard InChI is InChI=1S/C20H16O5/c1-23-16-8-4-3-6-13(16)7-5-9-18-19(21)15-12-14(20(22)24-2)10-11-17(15)25-18/h3-12H,1-2H3/b7-5+,18-9-. The highest BCUT2D eigenvalue weighted by molar-refractivity contribution is 6.13. The molecule has 5 nitrogen and oxygen atoms in total. The first-order chi connectivity index (χ1) is 12.1. The Hall–Kier alpha value is -3.34. The molecule has 0 aliphatic carbocycles. The first kappa shape index (κ1) is 16.5. The number of Topliss-reactive ketones (excluding diaryl/α,β-unsaturated/α-hetero) is 1. The molecule has 25 heavy (non-hydrogen) atoms. The molecule has 5 heteroatoms. The van der Waals surface area contributed by atoms with Crippen molar-refractivity contribution in [1.82, 2.24) is 0 Å². The zero-order chi connectivity index (χ0) is 17.8. The van der Waals surface area contributed by atoms with E-state index in [-0.39, 0.29) is 11.5 Å². The van der Waals surface area contributed by atoms with E-state index in [2.05, 4.69) is 4.74 Å². The first-order valence-electron chi connectivity index (χ1n) is 7.60. The van der Waals surface area contributed by atoms with Crippen LogP contribution in [0.2, 0.25) is 0 Å². The molecule has 1 heterocycles. The third-order valence-corrected chi connectivity index (χ3v) is 3.75. The number of fused-ring (bicyclic) bond motifs is 1. The number of carbonyl (C=O) groups is 2. The summed E-state index contributed by atoms with van der Waals surface area (Å²) < 4.78 is 15.5. The molecule has 0 bridgehead atoms. The number of hydrogen-bond donors (Lipinski definition) is 0. The summed E-state index contributed by atoms with van der Waals surface area (Å²) in [6.07, 6.45) is 5.14. The quantitative estimate of drug-likeness (QED) is 0.630. The van der Waals surface area contributed by atoms with Crippen LogP contribution in [0, 0.1) is 0 Å². The summed E-state index contributed by atoms with van der Waals surface area (Å²) in [5.41, 5.74) is 1.54. The normalized spacial score (nSPS) is 14.5. The lowest BCUT2D eigenvalue weighted by molar-refractivity contribution is 0.0600. The third-order valence-electron chi connectivity index (χ3n) is 3.75. The van der Waals surface area contributed by atoms with Gasteiger partial charge >= 0.3 is 5.97 Å². The second kappa shape index (κ2) is 7.05. The lowest BCUT2D eigenvalue weighted by Crippen LogP contribution is -2.02. The molecule has 0 saturated heterocycles. The summed E-state index contributed by atoms with van der Waals surface area (Å²) in [5.74, 6) is 0.592. The molecule has 0 fully saturated rings. The fourth-order valence-corrected chi connectivity index (χ4v) is 2.49. The molecule has 1 aliphatic heterocycles. The van der Waals surface area contributed by atoms with Crippen LogP contribution >= 0.6 is 0 Å². The van der Waals surface area contributed by atoms with E-state index < -0.39 is 5.97 Å². The maximum absolute atomic E-state index is 12.4. The number of rotatable bonds is 4. The summed E-state index contributed by atoms with van der Waals surface area (Å²) in [7, 11) is 2.89. The molecular weight excluding hydrogens is 320 g/mol. The number of ether oxygens (including phenoxy) is 3. The lowest BCUT2D eigenvalue weighted by atomic mass is 10.1. The van der Waals surface area contributed by atoms with Crippen LogP contribution in [-0.4, -0.2) is 26.0 Å². The minimum Gasteiger partial charge on any atom is -0.496 e. The predicted molar refractivity (Wildman–Crippen MR) is 92.9 cm³/mol. The maximum atomic E-state index is 12.4. The second-order valence-electron chi connectivity index (χ2n) is 5.27. The molecule has 0 saturated carbocycles. The van der Waals surface area contributed by atoms with E-state index >= 15 is 0 Å². The maximum Gasteiger partial charge on any atom is 0.337 e. The molecule has 0 N–H and O–H groups in total. The van der Waals surface area contributed by atoms with E-state index in [4.69, 9.17) is 9.47 Å². The zero-order valence-corrected chi connectivity index (χ0v) is 13.8. The highest BCUT2D eigenvalue weighted by Gasteiger charge is 2.28. The smallest absolute Gasteiger partial charge is 0.337 e. The Morgan fingerprint density at radius 1 is 1.12 bits per heavy atom.